The lowest BCUT2D eigenvalue weighted by atomic mass is 10.1. The van der Waals surface area contributed by atoms with Crippen LogP contribution < -0.4 is 10.1 Å². The predicted molar refractivity (Wildman–Crippen MR) is 131 cm³/mol. The molecular weight excluding hydrogens is 468 g/mol. The smallest absolute Gasteiger partial charge is 0.255 e. The zero-order chi connectivity index (χ0) is 22.7. The Bertz CT molecular complexity index is 1230. The number of rotatable bonds is 7. The number of fused-ring (bicyclic) bond motifs is 1. The number of benzene rings is 3. The van der Waals surface area contributed by atoms with Crippen LogP contribution in [0.25, 0.3) is 22.6 Å². The van der Waals surface area contributed by atoms with Crippen molar-refractivity contribution in [3.8, 4) is 17.2 Å². The molecule has 0 fully saturated rings. The van der Waals surface area contributed by atoms with Gasteiger partial charge in [-0.1, -0.05) is 13.8 Å². The van der Waals surface area contributed by atoms with Gasteiger partial charge in [-0.3, -0.25) is 4.79 Å². The number of amides is 1. The first-order valence-electron chi connectivity index (χ1n) is 10.7. The van der Waals surface area contributed by atoms with Gasteiger partial charge in [0.05, 0.1) is 10.6 Å². The van der Waals surface area contributed by atoms with Crippen LogP contribution in [0.3, 0.4) is 0 Å². The fraction of sp³-hybridized carbons (Fsp3) is 0.231. The van der Waals surface area contributed by atoms with Gasteiger partial charge in [-0.15, -0.1) is 0 Å². The van der Waals surface area contributed by atoms with Gasteiger partial charge in [-0.2, -0.15) is 0 Å². The Hall–Kier alpha value is -3.12. The second kappa shape index (κ2) is 9.57. The van der Waals surface area contributed by atoms with E-state index < -0.39 is 0 Å². The number of carbonyl (C=O) groups is 1. The summed E-state index contributed by atoms with van der Waals surface area (Å²) in [6.07, 6.45) is 2.00. The Labute approximate surface area is 195 Å². The Kier molecular flexibility index (Phi) is 6.61. The molecule has 0 aliphatic carbocycles. The second-order valence-corrected chi connectivity index (χ2v) is 8.55. The number of anilines is 1. The van der Waals surface area contributed by atoms with Crippen LogP contribution in [0.15, 0.2) is 69.6 Å². The maximum absolute atomic E-state index is 12.6. The van der Waals surface area contributed by atoms with Gasteiger partial charge in [0.2, 0.25) is 5.89 Å². The largest absolute Gasteiger partial charge is 0.491 e. The maximum Gasteiger partial charge on any atom is 0.255 e. The van der Waals surface area contributed by atoms with Crippen molar-refractivity contribution in [2.45, 2.75) is 39.7 Å². The molecule has 5 nitrogen and oxygen atoms in total. The van der Waals surface area contributed by atoms with Crippen LogP contribution in [0.5, 0.6) is 5.75 Å². The maximum atomic E-state index is 12.6. The SMILES string of the molecule is CCc1cc(Br)c2oc(-c3ccc(NC(=O)c4ccc(OC(C)CC)cc4)cc3)nc2c1. The summed E-state index contributed by atoms with van der Waals surface area (Å²) in [7, 11) is 0. The first-order valence-corrected chi connectivity index (χ1v) is 11.5. The Morgan fingerprint density at radius 3 is 2.47 bits per heavy atom. The van der Waals surface area contributed by atoms with Crippen molar-refractivity contribution in [1.82, 2.24) is 4.98 Å². The standard InChI is InChI=1S/C26H25BrN2O3/c1-4-16(3)31-21-12-8-18(9-13-21)25(30)28-20-10-6-19(7-11-20)26-29-23-15-17(5-2)14-22(27)24(23)32-26/h6-16H,4-5H2,1-3H3,(H,28,30). The lowest BCUT2D eigenvalue weighted by Crippen LogP contribution is -2.12. The molecule has 0 aliphatic rings. The van der Waals surface area contributed by atoms with E-state index in [1.807, 2.05) is 49.4 Å². The van der Waals surface area contributed by atoms with Gasteiger partial charge in [0.15, 0.2) is 5.58 Å². The molecule has 0 aliphatic heterocycles. The quantitative estimate of drug-likeness (QED) is 0.295. The molecule has 1 heterocycles. The summed E-state index contributed by atoms with van der Waals surface area (Å²) in [5.41, 5.74) is 4.86. The Morgan fingerprint density at radius 1 is 1.09 bits per heavy atom. The third-order valence-electron chi connectivity index (χ3n) is 5.33. The van der Waals surface area contributed by atoms with E-state index in [4.69, 9.17) is 9.15 Å². The molecule has 164 valence electrons. The molecule has 6 heteroatoms. The molecule has 1 unspecified atom stereocenters. The summed E-state index contributed by atoms with van der Waals surface area (Å²) in [6.45, 7) is 6.20. The number of nitrogens with zero attached hydrogens (tertiary/aromatic N) is 1. The molecule has 0 saturated heterocycles. The van der Waals surface area contributed by atoms with Crippen LogP contribution in [-0.4, -0.2) is 17.0 Å². The second-order valence-electron chi connectivity index (χ2n) is 7.69. The van der Waals surface area contributed by atoms with Gasteiger partial charge < -0.3 is 14.5 Å². The van der Waals surface area contributed by atoms with E-state index in [1.165, 1.54) is 5.56 Å². The molecule has 4 rings (SSSR count). The van der Waals surface area contributed by atoms with Crippen LogP contribution >= 0.6 is 15.9 Å². The molecule has 1 atom stereocenters. The highest BCUT2D eigenvalue weighted by atomic mass is 79.9. The van der Waals surface area contributed by atoms with Crippen LogP contribution in [0.4, 0.5) is 5.69 Å². The normalized spacial score (nSPS) is 12.0. The first kappa shape index (κ1) is 22.1. The molecule has 0 spiro atoms. The minimum atomic E-state index is -0.175. The van der Waals surface area contributed by atoms with Gasteiger partial charge in [-0.25, -0.2) is 4.98 Å². The molecule has 4 aromatic rings. The van der Waals surface area contributed by atoms with Gasteiger partial charge >= 0.3 is 0 Å². The number of oxazole rings is 1. The number of hydrogen-bond acceptors (Lipinski definition) is 4. The molecule has 1 N–H and O–H groups in total. The van der Waals surface area contributed by atoms with Gasteiger partial charge in [0.1, 0.15) is 11.3 Å². The van der Waals surface area contributed by atoms with Gasteiger partial charge in [-0.05, 0) is 102 Å². The molecule has 0 bridgehead atoms. The van der Waals surface area contributed by atoms with Crippen molar-refractivity contribution in [3.63, 3.8) is 0 Å². The summed E-state index contributed by atoms with van der Waals surface area (Å²) < 4.78 is 12.6. The summed E-state index contributed by atoms with van der Waals surface area (Å²) in [4.78, 5) is 17.2. The first-order chi connectivity index (χ1) is 15.5. The number of nitrogens with one attached hydrogen (secondary N) is 1. The molecule has 0 saturated carbocycles. The van der Waals surface area contributed by atoms with Crippen LogP contribution in [0, 0.1) is 0 Å². The fourth-order valence-electron chi connectivity index (χ4n) is 3.27. The van der Waals surface area contributed by atoms with Crippen LogP contribution in [-0.2, 0) is 6.42 Å². The minimum Gasteiger partial charge on any atom is -0.491 e. The summed E-state index contributed by atoms with van der Waals surface area (Å²) in [6, 6.07) is 18.7. The minimum absolute atomic E-state index is 0.143. The lowest BCUT2D eigenvalue weighted by molar-refractivity contribution is 0.102. The monoisotopic (exact) mass is 492 g/mol. The highest BCUT2D eigenvalue weighted by Crippen LogP contribution is 2.31. The van der Waals surface area contributed by atoms with Crippen molar-refractivity contribution in [1.29, 1.82) is 0 Å². The lowest BCUT2D eigenvalue weighted by Gasteiger charge is -2.12. The molecule has 3 aromatic carbocycles. The highest BCUT2D eigenvalue weighted by molar-refractivity contribution is 9.10. The van der Waals surface area contributed by atoms with E-state index in [1.54, 1.807) is 12.1 Å². The molecule has 32 heavy (non-hydrogen) atoms. The van der Waals surface area contributed by atoms with E-state index in [0.717, 1.165) is 39.7 Å². The summed E-state index contributed by atoms with van der Waals surface area (Å²) in [5.74, 6) is 1.13. The molecular formula is C26H25BrN2O3. The third kappa shape index (κ3) is 4.86. The van der Waals surface area contributed by atoms with Gasteiger partial charge in [0.25, 0.3) is 5.91 Å². The molecule has 0 radical (unpaired) electrons. The van der Waals surface area contributed by atoms with E-state index in [9.17, 15) is 4.79 Å². The average molecular weight is 493 g/mol. The predicted octanol–water partition coefficient (Wildman–Crippen LogP) is 7.25. The zero-order valence-electron chi connectivity index (χ0n) is 18.3. The zero-order valence-corrected chi connectivity index (χ0v) is 19.9. The average Bonchev–Trinajstić information content (AvgIpc) is 3.24. The fourth-order valence-corrected chi connectivity index (χ4v) is 3.85. The highest BCUT2D eigenvalue weighted by Gasteiger charge is 2.13. The van der Waals surface area contributed by atoms with Gasteiger partial charge in [0, 0.05) is 16.8 Å². The molecule has 1 aromatic heterocycles. The number of aryl methyl sites for hydroxylation is 1. The van der Waals surface area contributed by atoms with Crippen molar-refractivity contribution >= 4 is 38.6 Å². The van der Waals surface area contributed by atoms with Crippen molar-refractivity contribution in [2.24, 2.45) is 0 Å². The number of ether oxygens (including phenoxy) is 1. The number of hydrogen-bond donors (Lipinski definition) is 1. The van der Waals surface area contributed by atoms with E-state index in [-0.39, 0.29) is 12.0 Å². The topological polar surface area (TPSA) is 64.4 Å². The third-order valence-corrected chi connectivity index (χ3v) is 5.92. The number of halogens is 1. The van der Waals surface area contributed by atoms with Crippen molar-refractivity contribution in [3.05, 3.63) is 76.3 Å². The van der Waals surface area contributed by atoms with Crippen LogP contribution in [0.1, 0.15) is 43.1 Å². The number of carbonyl (C=O) groups excluding carboxylic acids is 1. The molecule has 1 amide bonds. The van der Waals surface area contributed by atoms with Crippen LogP contribution in [0.2, 0.25) is 0 Å². The Morgan fingerprint density at radius 2 is 1.81 bits per heavy atom. The van der Waals surface area contributed by atoms with Crippen molar-refractivity contribution in [2.75, 3.05) is 5.32 Å². The number of aromatic nitrogens is 1. The Balaban J connectivity index is 1.46. The van der Waals surface area contributed by atoms with E-state index >= 15 is 0 Å². The van der Waals surface area contributed by atoms with E-state index in [0.29, 0.717) is 17.1 Å². The summed E-state index contributed by atoms with van der Waals surface area (Å²) in [5, 5.41) is 2.92. The van der Waals surface area contributed by atoms with E-state index in [2.05, 4.69) is 46.1 Å². The summed E-state index contributed by atoms with van der Waals surface area (Å²) >= 11 is 3.57. The van der Waals surface area contributed by atoms with Crippen molar-refractivity contribution < 1.29 is 13.9 Å².